The molecule has 7 nitrogen and oxygen atoms in total. The summed E-state index contributed by atoms with van der Waals surface area (Å²) in [7, 11) is 1.63. The summed E-state index contributed by atoms with van der Waals surface area (Å²) >= 11 is 0. The van der Waals surface area contributed by atoms with Gasteiger partial charge in [0.1, 0.15) is 6.04 Å². The number of hydrogen-bond donors (Lipinski definition) is 3. The van der Waals surface area contributed by atoms with Gasteiger partial charge in [-0.05, 0) is 69.2 Å². The topological polar surface area (TPSA) is 117 Å². The van der Waals surface area contributed by atoms with Crippen LogP contribution in [0.3, 0.4) is 0 Å². The Balaban J connectivity index is 2.24. The van der Waals surface area contributed by atoms with Crippen LogP contribution in [0.1, 0.15) is 57.4 Å². The monoisotopic (exact) mass is 393 g/mol. The molecule has 28 heavy (non-hydrogen) atoms. The lowest BCUT2D eigenvalue weighted by Gasteiger charge is -2.15. The van der Waals surface area contributed by atoms with Gasteiger partial charge in [0.25, 0.3) is 0 Å². The minimum Gasteiger partial charge on any atom is -0.493 e. The number of carbonyl (C=O) groups is 2. The van der Waals surface area contributed by atoms with E-state index in [1.165, 1.54) is 5.56 Å². The molecule has 1 unspecified atom stereocenters. The molecular weight excluding hydrogens is 358 g/mol. The molecule has 0 radical (unpaired) electrons. The van der Waals surface area contributed by atoms with Gasteiger partial charge in [-0.2, -0.15) is 0 Å². The number of nitrogens with one attached hydrogen (secondary N) is 1. The summed E-state index contributed by atoms with van der Waals surface area (Å²) in [5.41, 5.74) is 12.0. The van der Waals surface area contributed by atoms with Crippen molar-refractivity contribution in [3.05, 3.63) is 23.8 Å². The highest BCUT2D eigenvalue weighted by atomic mass is 16.5. The third-order valence-corrected chi connectivity index (χ3v) is 4.57. The van der Waals surface area contributed by atoms with Gasteiger partial charge in [0.05, 0.1) is 13.7 Å². The van der Waals surface area contributed by atoms with E-state index in [0.29, 0.717) is 26.0 Å². The van der Waals surface area contributed by atoms with E-state index in [-0.39, 0.29) is 5.91 Å². The van der Waals surface area contributed by atoms with Crippen molar-refractivity contribution < 1.29 is 19.1 Å². The van der Waals surface area contributed by atoms with Gasteiger partial charge in [-0.3, -0.25) is 9.59 Å². The summed E-state index contributed by atoms with van der Waals surface area (Å²) in [5, 5.41) is 2.72. The highest BCUT2D eigenvalue weighted by Crippen LogP contribution is 2.28. The molecule has 0 aliphatic heterocycles. The van der Waals surface area contributed by atoms with Gasteiger partial charge in [0.15, 0.2) is 11.5 Å². The van der Waals surface area contributed by atoms with Crippen LogP contribution in [0, 0.1) is 0 Å². The molecule has 0 aromatic heterocycles. The highest BCUT2D eigenvalue weighted by molar-refractivity contribution is 5.86. The number of aryl methyl sites for hydroxylation is 1. The predicted molar refractivity (Wildman–Crippen MR) is 110 cm³/mol. The standard InChI is InChI=1S/C21H35N3O4/c1-3-16-11-12-18(19(15-16)27-2)28-14-8-4-5-10-20(25)24-17(21(23)26)9-6-7-13-22/h11-12,15,17H,3-10,13-14,22H2,1-2H3,(H2,23,26)(H,24,25). The third kappa shape index (κ3) is 9.08. The van der Waals surface area contributed by atoms with Gasteiger partial charge in [0, 0.05) is 6.42 Å². The van der Waals surface area contributed by atoms with Crippen LogP contribution in [0.15, 0.2) is 18.2 Å². The fourth-order valence-corrected chi connectivity index (χ4v) is 2.84. The maximum absolute atomic E-state index is 12.0. The lowest BCUT2D eigenvalue weighted by molar-refractivity contribution is -0.127. The first-order valence-corrected chi connectivity index (χ1v) is 10.1. The fraction of sp³-hybridized carbons (Fsp3) is 0.619. The van der Waals surface area contributed by atoms with E-state index in [1.807, 2.05) is 18.2 Å². The summed E-state index contributed by atoms with van der Waals surface area (Å²) < 4.78 is 11.2. The number of methoxy groups -OCH3 is 1. The first kappa shape index (κ1) is 23.8. The number of carbonyl (C=O) groups excluding carboxylic acids is 2. The van der Waals surface area contributed by atoms with Crippen LogP contribution in [0.4, 0.5) is 0 Å². The molecule has 1 aromatic carbocycles. The fourth-order valence-electron chi connectivity index (χ4n) is 2.84. The Morgan fingerprint density at radius 3 is 2.54 bits per heavy atom. The normalized spacial score (nSPS) is 11.7. The molecule has 0 heterocycles. The molecule has 0 spiro atoms. The van der Waals surface area contributed by atoms with Gasteiger partial charge in [-0.1, -0.05) is 13.0 Å². The van der Waals surface area contributed by atoms with Crippen LogP contribution < -0.4 is 26.3 Å². The minimum atomic E-state index is -0.610. The third-order valence-electron chi connectivity index (χ3n) is 4.57. The number of nitrogens with two attached hydrogens (primary N) is 2. The number of primary amides is 1. The second kappa shape index (κ2) is 13.8. The molecule has 2 amide bonds. The zero-order valence-electron chi connectivity index (χ0n) is 17.2. The minimum absolute atomic E-state index is 0.144. The van der Waals surface area contributed by atoms with E-state index in [9.17, 15) is 9.59 Å². The predicted octanol–water partition coefficient (Wildman–Crippen LogP) is 2.30. The molecule has 0 bridgehead atoms. The van der Waals surface area contributed by atoms with Crippen molar-refractivity contribution in [3.63, 3.8) is 0 Å². The average molecular weight is 394 g/mol. The van der Waals surface area contributed by atoms with E-state index >= 15 is 0 Å². The van der Waals surface area contributed by atoms with Crippen molar-refractivity contribution >= 4 is 11.8 Å². The van der Waals surface area contributed by atoms with Gasteiger partial charge >= 0.3 is 0 Å². The molecule has 0 aliphatic carbocycles. The Bertz CT molecular complexity index is 607. The van der Waals surface area contributed by atoms with Crippen molar-refractivity contribution in [3.8, 4) is 11.5 Å². The number of hydrogen-bond acceptors (Lipinski definition) is 5. The van der Waals surface area contributed by atoms with Crippen LogP contribution in [-0.2, 0) is 16.0 Å². The SMILES string of the molecule is CCc1ccc(OCCCCCC(=O)NC(CCCCN)C(N)=O)c(OC)c1. The lowest BCUT2D eigenvalue weighted by atomic mass is 10.1. The van der Waals surface area contributed by atoms with E-state index in [2.05, 4.69) is 12.2 Å². The molecule has 0 fully saturated rings. The van der Waals surface area contributed by atoms with Crippen molar-refractivity contribution in [2.75, 3.05) is 20.3 Å². The Labute approximate surface area is 168 Å². The number of unbranched alkanes of at least 4 members (excludes halogenated alkanes) is 3. The van der Waals surface area contributed by atoms with Crippen molar-refractivity contribution in [2.45, 2.75) is 64.3 Å². The van der Waals surface area contributed by atoms with Crippen molar-refractivity contribution in [2.24, 2.45) is 11.5 Å². The molecule has 1 atom stereocenters. The van der Waals surface area contributed by atoms with E-state index in [4.69, 9.17) is 20.9 Å². The molecular formula is C21H35N3O4. The Morgan fingerprint density at radius 1 is 1.11 bits per heavy atom. The van der Waals surface area contributed by atoms with E-state index < -0.39 is 11.9 Å². The Kier molecular flexibility index (Phi) is 11.7. The first-order valence-electron chi connectivity index (χ1n) is 10.1. The largest absolute Gasteiger partial charge is 0.493 e. The lowest BCUT2D eigenvalue weighted by Crippen LogP contribution is -2.44. The van der Waals surface area contributed by atoms with Gasteiger partial charge < -0.3 is 26.3 Å². The van der Waals surface area contributed by atoms with Crippen LogP contribution in [0.2, 0.25) is 0 Å². The second-order valence-electron chi connectivity index (χ2n) is 6.80. The maximum atomic E-state index is 12.0. The van der Waals surface area contributed by atoms with Crippen LogP contribution in [-0.4, -0.2) is 38.1 Å². The Morgan fingerprint density at radius 2 is 1.89 bits per heavy atom. The zero-order chi connectivity index (χ0) is 20.8. The molecule has 5 N–H and O–H groups in total. The number of ether oxygens (including phenoxy) is 2. The van der Waals surface area contributed by atoms with E-state index in [1.54, 1.807) is 7.11 Å². The molecule has 1 rings (SSSR count). The highest BCUT2D eigenvalue weighted by Gasteiger charge is 2.17. The summed E-state index contributed by atoms with van der Waals surface area (Å²) in [5.74, 6) is 0.834. The molecule has 158 valence electrons. The quantitative estimate of drug-likeness (QED) is 0.395. The summed E-state index contributed by atoms with van der Waals surface area (Å²) in [6.07, 6.45) is 5.85. The molecule has 1 aromatic rings. The molecule has 0 saturated heterocycles. The van der Waals surface area contributed by atoms with Crippen molar-refractivity contribution in [1.82, 2.24) is 5.32 Å². The average Bonchev–Trinajstić information content (AvgIpc) is 2.69. The van der Waals surface area contributed by atoms with Gasteiger partial charge in [-0.25, -0.2) is 0 Å². The van der Waals surface area contributed by atoms with Gasteiger partial charge in [-0.15, -0.1) is 0 Å². The van der Waals surface area contributed by atoms with E-state index in [0.717, 1.165) is 50.0 Å². The Hall–Kier alpha value is -2.28. The zero-order valence-corrected chi connectivity index (χ0v) is 17.2. The van der Waals surface area contributed by atoms with Crippen molar-refractivity contribution in [1.29, 1.82) is 0 Å². The molecule has 0 saturated carbocycles. The smallest absolute Gasteiger partial charge is 0.239 e. The molecule has 0 aliphatic rings. The second-order valence-corrected chi connectivity index (χ2v) is 6.80. The summed E-state index contributed by atoms with van der Waals surface area (Å²) in [4.78, 5) is 23.4. The van der Waals surface area contributed by atoms with Gasteiger partial charge in [0.2, 0.25) is 11.8 Å². The van der Waals surface area contributed by atoms with Crippen LogP contribution in [0.5, 0.6) is 11.5 Å². The number of rotatable bonds is 15. The van der Waals surface area contributed by atoms with Crippen LogP contribution in [0.25, 0.3) is 0 Å². The summed E-state index contributed by atoms with van der Waals surface area (Å²) in [6, 6.07) is 5.34. The summed E-state index contributed by atoms with van der Waals surface area (Å²) in [6.45, 7) is 3.22. The maximum Gasteiger partial charge on any atom is 0.239 e. The number of amides is 2. The molecule has 7 heteroatoms. The first-order chi connectivity index (χ1) is 13.5. The van der Waals surface area contributed by atoms with Crippen LogP contribution >= 0.6 is 0 Å². The number of benzene rings is 1.